The molecule has 31 heavy (non-hydrogen) atoms. The maximum Gasteiger partial charge on any atom is 0.123 e. The Balaban J connectivity index is 1.52. The molecule has 3 heterocycles. The van der Waals surface area contributed by atoms with Crippen LogP contribution in [0.1, 0.15) is 0 Å². The Labute approximate surface area is 176 Å². The summed E-state index contributed by atoms with van der Waals surface area (Å²) in [4.78, 5) is 12.0. The maximum atomic E-state index is 13.8. The van der Waals surface area contributed by atoms with Gasteiger partial charge >= 0.3 is 0 Å². The third-order valence-corrected chi connectivity index (χ3v) is 5.48. The molecule has 0 bridgehead atoms. The van der Waals surface area contributed by atoms with Crippen molar-refractivity contribution in [2.45, 2.75) is 0 Å². The highest BCUT2D eigenvalue weighted by Gasteiger charge is 2.14. The second kappa shape index (κ2) is 6.88. The minimum atomic E-state index is -0.250. The zero-order valence-corrected chi connectivity index (χ0v) is 16.3. The molecule has 0 saturated heterocycles. The highest BCUT2D eigenvalue weighted by atomic mass is 19.1. The molecule has 6 heteroatoms. The van der Waals surface area contributed by atoms with Gasteiger partial charge in [-0.2, -0.15) is 5.10 Å². The SMILES string of the molecule is Fc1cccc(-c2cccc3[nH]c(-c4n[nH]c5ccc(-c6cnccn6)cc45)cc23)c1. The molecule has 0 aliphatic carbocycles. The molecule has 5 nitrogen and oxygen atoms in total. The van der Waals surface area contributed by atoms with E-state index >= 15 is 0 Å². The van der Waals surface area contributed by atoms with E-state index in [0.29, 0.717) is 0 Å². The lowest BCUT2D eigenvalue weighted by Gasteiger charge is -2.03. The van der Waals surface area contributed by atoms with Crippen LogP contribution in [0.15, 0.2) is 85.3 Å². The quantitative estimate of drug-likeness (QED) is 0.381. The zero-order chi connectivity index (χ0) is 20.8. The van der Waals surface area contributed by atoms with Crippen LogP contribution in [0.2, 0.25) is 0 Å². The van der Waals surface area contributed by atoms with Crippen molar-refractivity contribution in [2.24, 2.45) is 0 Å². The fraction of sp³-hybridized carbons (Fsp3) is 0. The summed E-state index contributed by atoms with van der Waals surface area (Å²) >= 11 is 0. The molecule has 3 aromatic carbocycles. The first-order valence-electron chi connectivity index (χ1n) is 9.89. The molecular formula is C25H16FN5. The van der Waals surface area contributed by atoms with Gasteiger partial charge in [0.05, 0.1) is 23.1 Å². The molecule has 0 aliphatic heterocycles. The Bertz CT molecular complexity index is 1550. The van der Waals surface area contributed by atoms with Gasteiger partial charge in [-0.05, 0) is 47.5 Å². The minimum absolute atomic E-state index is 0.250. The van der Waals surface area contributed by atoms with E-state index in [2.05, 4.69) is 37.3 Å². The topological polar surface area (TPSA) is 70.2 Å². The summed E-state index contributed by atoms with van der Waals surface area (Å²) in [6, 6.07) is 20.8. The van der Waals surface area contributed by atoms with Crippen molar-refractivity contribution in [3.05, 3.63) is 91.1 Å². The van der Waals surface area contributed by atoms with Gasteiger partial charge in [-0.1, -0.05) is 30.3 Å². The Kier molecular flexibility index (Phi) is 3.89. The molecule has 0 atom stereocenters. The largest absolute Gasteiger partial charge is 0.353 e. The number of H-pyrrole nitrogens is 2. The van der Waals surface area contributed by atoms with Crippen LogP contribution in [0, 0.1) is 5.82 Å². The van der Waals surface area contributed by atoms with Gasteiger partial charge < -0.3 is 4.98 Å². The summed E-state index contributed by atoms with van der Waals surface area (Å²) in [6.07, 6.45) is 5.09. The molecule has 0 spiro atoms. The summed E-state index contributed by atoms with van der Waals surface area (Å²) in [5.41, 5.74) is 7.21. The Hall–Kier alpha value is -4.32. The van der Waals surface area contributed by atoms with E-state index in [9.17, 15) is 4.39 Å². The van der Waals surface area contributed by atoms with Gasteiger partial charge in [0.1, 0.15) is 11.5 Å². The maximum absolute atomic E-state index is 13.8. The summed E-state index contributed by atoms with van der Waals surface area (Å²) in [7, 11) is 0. The van der Waals surface area contributed by atoms with Crippen LogP contribution in [0.3, 0.4) is 0 Å². The summed E-state index contributed by atoms with van der Waals surface area (Å²) in [5.74, 6) is -0.250. The number of fused-ring (bicyclic) bond motifs is 2. The van der Waals surface area contributed by atoms with Crippen LogP contribution in [0.4, 0.5) is 4.39 Å². The number of nitrogens with one attached hydrogen (secondary N) is 2. The van der Waals surface area contributed by atoms with E-state index in [4.69, 9.17) is 0 Å². The van der Waals surface area contributed by atoms with Crippen LogP contribution >= 0.6 is 0 Å². The third kappa shape index (κ3) is 2.97. The first kappa shape index (κ1) is 17.5. The monoisotopic (exact) mass is 405 g/mol. The van der Waals surface area contributed by atoms with E-state index in [1.165, 1.54) is 6.07 Å². The first-order valence-corrected chi connectivity index (χ1v) is 9.89. The molecule has 148 valence electrons. The highest BCUT2D eigenvalue weighted by Crippen LogP contribution is 2.35. The molecule has 2 N–H and O–H groups in total. The number of rotatable bonds is 3. The molecule has 0 amide bonds. The average molecular weight is 405 g/mol. The third-order valence-electron chi connectivity index (χ3n) is 5.48. The Morgan fingerprint density at radius 3 is 2.58 bits per heavy atom. The fourth-order valence-corrected chi connectivity index (χ4v) is 4.02. The number of hydrogen-bond donors (Lipinski definition) is 2. The van der Waals surface area contributed by atoms with Crippen molar-refractivity contribution in [2.75, 3.05) is 0 Å². The van der Waals surface area contributed by atoms with Gasteiger partial charge in [0.2, 0.25) is 0 Å². The smallest absolute Gasteiger partial charge is 0.123 e. The van der Waals surface area contributed by atoms with Crippen LogP contribution in [-0.4, -0.2) is 25.1 Å². The van der Waals surface area contributed by atoms with Crippen LogP contribution < -0.4 is 0 Å². The lowest BCUT2D eigenvalue weighted by atomic mass is 10.0. The first-order chi connectivity index (χ1) is 15.3. The number of aromatic amines is 2. The molecule has 0 aliphatic rings. The Morgan fingerprint density at radius 2 is 1.71 bits per heavy atom. The van der Waals surface area contributed by atoms with Gasteiger partial charge in [0, 0.05) is 34.2 Å². The highest BCUT2D eigenvalue weighted by molar-refractivity contribution is 6.01. The van der Waals surface area contributed by atoms with Gasteiger partial charge in [0.15, 0.2) is 0 Å². The normalized spacial score (nSPS) is 11.4. The number of aromatic nitrogens is 5. The van der Waals surface area contributed by atoms with Crippen molar-refractivity contribution in [1.29, 1.82) is 0 Å². The van der Waals surface area contributed by atoms with Crippen molar-refractivity contribution in [3.63, 3.8) is 0 Å². The zero-order valence-electron chi connectivity index (χ0n) is 16.3. The van der Waals surface area contributed by atoms with E-state index in [-0.39, 0.29) is 5.82 Å². The van der Waals surface area contributed by atoms with Crippen molar-refractivity contribution in [3.8, 4) is 33.8 Å². The van der Waals surface area contributed by atoms with Crippen LogP contribution in [-0.2, 0) is 0 Å². The molecule has 0 radical (unpaired) electrons. The van der Waals surface area contributed by atoms with Gasteiger partial charge in [-0.3, -0.25) is 15.1 Å². The predicted octanol–water partition coefficient (Wildman–Crippen LogP) is 5.97. The molecule has 3 aromatic heterocycles. The lowest BCUT2D eigenvalue weighted by molar-refractivity contribution is 0.628. The fourth-order valence-electron chi connectivity index (χ4n) is 4.02. The van der Waals surface area contributed by atoms with Gasteiger partial charge in [-0.25, -0.2) is 4.39 Å². The lowest BCUT2D eigenvalue weighted by Crippen LogP contribution is -1.84. The van der Waals surface area contributed by atoms with E-state index in [0.717, 1.165) is 55.6 Å². The standard InChI is InChI=1S/C25H16FN5/c26-17-4-1-3-15(11-17)18-5-2-6-21-19(18)13-23(29-21)25-20-12-16(7-8-22(20)30-31-25)24-14-27-9-10-28-24/h1-14,29H,(H,30,31). The predicted molar refractivity (Wildman–Crippen MR) is 120 cm³/mol. The summed E-state index contributed by atoms with van der Waals surface area (Å²) in [5, 5.41) is 9.67. The minimum Gasteiger partial charge on any atom is -0.353 e. The number of halogens is 1. The second-order valence-corrected chi connectivity index (χ2v) is 7.38. The summed E-state index contributed by atoms with van der Waals surface area (Å²) in [6.45, 7) is 0. The molecule has 0 unspecified atom stereocenters. The molecule has 6 aromatic rings. The second-order valence-electron chi connectivity index (χ2n) is 7.38. The van der Waals surface area contributed by atoms with E-state index in [1.54, 1.807) is 30.7 Å². The molecule has 0 fully saturated rings. The van der Waals surface area contributed by atoms with Crippen molar-refractivity contribution >= 4 is 21.8 Å². The average Bonchev–Trinajstić information content (AvgIpc) is 3.43. The van der Waals surface area contributed by atoms with Crippen molar-refractivity contribution < 1.29 is 4.39 Å². The summed E-state index contributed by atoms with van der Waals surface area (Å²) < 4.78 is 13.8. The van der Waals surface area contributed by atoms with Crippen LogP contribution in [0.25, 0.3) is 55.6 Å². The van der Waals surface area contributed by atoms with Crippen molar-refractivity contribution in [1.82, 2.24) is 25.1 Å². The van der Waals surface area contributed by atoms with E-state index in [1.807, 2.05) is 36.4 Å². The van der Waals surface area contributed by atoms with Crippen LogP contribution in [0.5, 0.6) is 0 Å². The number of benzene rings is 3. The van der Waals surface area contributed by atoms with Gasteiger partial charge in [-0.15, -0.1) is 0 Å². The Morgan fingerprint density at radius 1 is 0.774 bits per heavy atom. The van der Waals surface area contributed by atoms with Gasteiger partial charge in [0.25, 0.3) is 0 Å². The van der Waals surface area contributed by atoms with E-state index < -0.39 is 0 Å². The number of hydrogen-bond acceptors (Lipinski definition) is 3. The number of nitrogens with zero attached hydrogens (tertiary/aromatic N) is 3. The molecule has 6 rings (SSSR count). The molecular weight excluding hydrogens is 389 g/mol. The molecule has 0 saturated carbocycles.